The summed E-state index contributed by atoms with van der Waals surface area (Å²) >= 11 is 5.56. The van der Waals surface area contributed by atoms with Gasteiger partial charge in [0, 0.05) is 11.4 Å². The number of carbonyl (C=O) groups excluding carboxylic acids is 1. The summed E-state index contributed by atoms with van der Waals surface area (Å²) in [7, 11) is 1.14. The number of halogens is 3. The van der Waals surface area contributed by atoms with Crippen LogP contribution in [0.1, 0.15) is 33.5 Å². The Morgan fingerprint density at radius 3 is 2.65 bits per heavy atom. The van der Waals surface area contributed by atoms with E-state index in [0.29, 0.717) is 0 Å². The number of alkyl halides is 3. The molecule has 1 aromatic carbocycles. The van der Waals surface area contributed by atoms with Gasteiger partial charge in [0.05, 0.1) is 24.3 Å². The smallest absolute Gasteiger partial charge is 0.337 e. The minimum Gasteiger partial charge on any atom is -0.465 e. The lowest BCUT2D eigenvalue weighted by Gasteiger charge is -2.09. The van der Waals surface area contributed by atoms with Gasteiger partial charge in [0.25, 0.3) is 6.43 Å². The van der Waals surface area contributed by atoms with Crippen LogP contribution in [0.15, 0.2) is 12.1 Å². The molecule has 0 aromatic heterocycles. The van der Waals surface area contributed by atoms with Crippen molar-refractivity contribution in [1.82, 2.24) is 0 Å². The Hall–Kier alpha value is -1.67. The van der Waals surface area contributed by atoms with Crippen molar-refractivity contribution in [3.63, 3.8) is 0 Å². The number of nitriles is 1. The molecule has 6 heteroatoms. The van der Waals surface area contributed by atoms with E-state index in [1.54, 1.807) is 6.07 Å². The molecule has 0 aliphatic rings. The first-order chi connectivity index (χ1) is 8.04. The third-order valence-corrected chi connectivity index (χ3v) is 2.45. The van der Waals surface area contributed by atoms with Crippen LogP contribution in [0, 0.1) is 11.3 Å². The number of carbonyl (C=O) groups is 1. The Bertz CT molecular complexity index is 483. The van der Waals surface area contributed by atoms with Crippen LogP contribution in [-0.4, -0.2) is 13.1 Å². The molecule has 90 valence electrons. The molecule has 0 amide bonds. The van der Waals surface area contributed by atoms with E-state index in [-0.39, 0.29) is 22.6 Å². The molecular formula is C11H8ClF2NO2. The largest absolute Gasteiger partial charge is 0.465 e. The van der Waals surface area contributed by atoms with Crippen LogP contribution in [0.4, 0.5) is 8.78 Å². The normalized spacial score (nSPS) is 10.1. The highest BCUT2D eigenvalue weighted by Crippen LogP contribution is 2.28. The zero-order valence-electron chi connectivity index (χ0n) is 8.84. The van der Waals surface area contributed by atoms with Crippen molar-refractivity contribution in [3.8, 4) is 6.07 Å². The van der Waals surface area contributed by atoms with E-state index in [9.17, 15) is 13.6 Å². The van der Waals surface area contributed by atoms with Crippen LogP contribution >= 0.6 is 11.6 Å². The molecule has 0 bridgehead atoms. The summed E-state index contributed by atoms with van der Waals surface area (Å²) in [5.74, 6) is -0.879. The number of nitrogens with zero attached hydrogens (tertiary/aromatic N) is 1. The van der Waals surface area contributed by atoms with Gasteiger partial charge in [-0.05, 0) is 17.7 Å². The molecule has 1 aromatic rings. The topological polar surface area (TPSA) is 50.1 Å². The Labute approximate surface area is 102 Å². The van der Waals surface area contributed by atoms with Crippen molar-refractivity contribution in [2.75, 3.05) is 7.11 Å². The summed E-state index contributed by atoms with van der Waals surface area (Å²) in [5, 5.41) is 8.81. The molecule has 3 nitrogen and oxygen atoms in total. The van der Waals surface area contributed by atoms with Crippen LogP contribution < -0.4 is 0 Å². The van der Waals surface area contributed by atoms with Crippen LogP contribution in [0.25, 0.3) is 0 Å². The molecular weight excluding hydrogens is 252 g/mol. The molecule has 17 heavy (non-hydrogen) atoms. The molecule has 0 aliphatic carbocycles. The maximum atomic E-state index is 12.7. The first-order valence-corrected chi connectivity index (χ1v) is 5.08. The van der Waals surface area contributed by atoms with Gasteiger partial charge in [-0.15, -0.1) is 11.6 Å². The molecule has 0 saturated carbocycles. The van der Waals surface area contributed by atoms with Gasteiger partial charge in [-0.25, -0.2) is 13.6 Å². The van der Waals surface area contributed by atoms with Crippen molar-refractivity contribution in [2.45, 2.75) is 12.3 Å². The minimum absolute atomic E-state index is 0.0440. The number of hydrogen-bond acceptors (Lipinski definition) is 3. The number of rotatable bonds is 3. The Morgan fingerprint density at radius 1 is 1.59 bits per heavy atom. The summed E-state index contributed by atoms with van der Waals surface area (Å²) in [6.07, 6.45) is -2.85. The Morgan fingerprint density at radius 2 is 2.24 bits per heavy atom. The monoisotopic (exact) mass is 259 g/mol. The highest BCUT2D eigenvalue weighted by molar-refractivity contribution is 6.17. The molecule has 1 rings (SSSR count). The van der Waals surface area contributed by atoms with Gasteiger partial charge in [-0.3, -0.25) is 0 Å². The first-order valence-electron chi connectivity index (χ1n) is 4.54. The molecule has 0 saturated heterocycles. The number of ether oxygens (including phenoxy) is 1. The van der Waals surface area contributed by atoms with E-state index >= 15 is 0 Å². The average Bonchev–Trinajstić information content (AvgIpc) is 2.35. The lowest BCUT2D eigenvalue weighted by Crippen LogP contribution is -2.06. The van der Waals surface area contributed by atoms with Crippen molar-refractivity contribution in [1.29, 1.82) is 5.26 Å². The molecule has 0 atom stereocenters. The lowest BCUT2D eigenvalue weighted by atomic mass is 9.99. The molecule has 0 aliphatic heterocycles. The fourth-order valence-corrected chi connectivity index (χ4v) is 1.59. The van der Waals surface area contributed by atoms with Gasteiger partial charge in [0.1, 0.15) is 0 Å². The highest BCUT2D eigenvalue weighted by Gasteiger charge is 2.20. The lowest BCUT2D eigenvalue weighted by molar-refractivity contribution is 0.0600. The third kappa shape index (κ3) is 2.71. The Balaban J connectivity index is 3.47. The number of esters is 1. The fourth-order valence-electron chi connectivity index (χ4n) is 1.38. The zero-order valence-corrected chi connectivity index (χ0v) is 9.59. The maximum Gasteiger partial charge on any atom is 0.337 e. The molecule has 0 unspecified atom stereocenters. The maximum absolute atomic E-state index is 12.7. The van der Waals surface area contributed by atoms with Crippen LogP contribution in [-0.2, 0) is 10.6 Å². The predicted octanol–water partition coefficient (Wildman–Crippen LogP) is 3.02. The quantitative estimate of drug-likeness (QED) is 0.619. The second-order valence-corrected chi connectivity index (χ2v) is 3.40. The molecule has 0 fully saturated rings. The van der Waals surface area contributed by atoms with Crippen LogP contribution in [0.3, 0.4) is 0 Å². The van der Waals surface area contributed by atoms with Gasteiger partial charge in [0.15, 0.2) is 0 Å². The van der Waals surface area contributed by atoms with E-state index in [0.717, 1.165) is 13.2 Å². The first kappa shape index (κ1) is 13.4. The molecule has 0 radical (unpaired) electrons. The molecule has 0 spiro atoms. The van der Waals surface area contributed by atoms with Crippen molar-refractivity contribution >= 4 is 17.6 Å². The number of benzene rings is 1. The van der Waals surface area contributed by atoms with Gasteiger partial charge >= 0.3 is 5.97 Å². The standard InChI is InChI=1S/C11H8ClF2NO2/c1-17-11(16)6-2-7(4-12)9(5-15)8(3-6)10(13)14/h2-3,10H,4H2,1H3. The SMILES string of the molecule is COC(=O)c1cc(CCl)c(C#N)c(C(F)F)c1. The van der Waals surface area contributed by atoms with E-state index in [2.05, 4.69) is 4.74 Å². The zero-order chi connectivity index (χ0) is 13.0. The predicted molar refractivity (Wildman–Crippen MR) is 57.0 cm³/mol. The second kappa shape index (κ2) is 5.60. The fraction of sp³-hybridized carbons (Fsp3) is 0.273. The summed E-state index contributed by atoms with van der Waals surface area (Å²) in [6.45, 7) is 0. The molecule has 0 N–H and O–H groups in total. The summed E-state index contributed by atoms with van der Waals surface area (Å²) in [5.41, 5.74) is -0.557. The van der Waals surface area contributed by atoms with Gasteiger partial charge < -0.3 is 4.74 Å². The van der Waals surface area contributed by atoms with Crippen LogP contribution in [0.5, 0.6) is 0 Å². The highest BCUT2D eigenvalue weighted by atomic mass is 35.5. The van der Waals surface area contributed by atoms with Gasteiger partial charge in [-0.2, -0.15) is 5.26 Å². The van der Waals surface area contributed by atoms with E-state index in [1.165, 1.54) is 6.07 Å². The van der Waals surface area contributed by atoms with Gasteiger partial charge in [0.2, 0.25) is 0 Å². The number of hydrogen-bond donors (Lipinski definition) is 0. The second-order valence-electron chi connectivity index (χ2n) is 3.14. The van der Waals surface area contributed by atoms with Crippen LogP contribution in [0.2, 0.25) is 0 Å². The Kier molecular flexibility index (Phi) is 4.41. The molecule has 0 heterocycles. The average molecular weight is 260 g/mol. The summed E-state index contributed by atoms with van der Waals surface area (Å²) in [4.78, 5) is 11.3. The minimum atomic E-state index is -2.85. The van der Waals surface area contributed by atoms with Crippen molar-refractivity contribution in [2.24, 2.45) is 0 Å². The van der Waals surface area contributed by atoms with Crippen molar-refractivity contribution < 1.29 is 18.3 Å². The summed E-state index contributed by atoms with van der Waals surface area (Å²) in [6, 6.07) is 3.89. The summed E-state index contributed by atoms with van der Waals surface area (Å²) < 4.78 is 29.9. The third-order valence-electron chi connectivity index (χ3n) is 2.16. The van der Waals surface area contributed by atoms with E-state index < -0.39 is 18.0 Å². The van der Waals surface area contributed by atoms with E-state index in [4.69, 9.17) is 16.9 Å². The number of methoxy groups -OCH3 is 1. The van der Waals surface area contributed by atoms with E-state index in [1.807, 2.05) is 0 Å². The van der Waals surface area contributed by atoms with Crippen molar-refractivity contribution in [3.05, 3.63) is 34.4 Å². The van der Waals surface area contributed by atoms with Gasteiger partial charge in [-0.1, -0.05) is 0 Å².